The van der Waals surface area contributed by atoms with Crippen LogP contribution in [-0.2, 0) is 11.3 Å². The van der Waals surface area contributed by atoms with Crippen molar-refractivity contribution in [2.45, 2.75) is 70.0 Å². The third kappa shape index (κ3) is 4.67. The van der Waals surface area contributed by atoms with Crippen LogP contribution >= 0.6 is 11.6 Å². The molecular formula is C24H34ClN3O3. The Morgan fingerprint density at radius 2 is 1.90 bits per heavy atom. The fraction of sp³-hybridized carbons (Fsp3) is 0.708. The molecule has 170 valence electrons. The molecule has 4 heterocycles. The Hall–Kier alpha value is -1.50. The summed E-state index contributed by atoms with van der Waals surface area (Å²) in [5.41, 5.74) is 1.02. The molecule has 0 radical (unpaired) electrons. The van der Waals surface area contributed by atoms with Crippen LogP contribution in [0.1, 0.15) is 56.9 Å². The molecule has 0 spiro atoms. The summed E-state index contributed by atoms with van der Waals surface area (Å²) in [6, 6.07) is 4.85. The van der Waals surface area contributed by atoms with E-state index in [0.717, 1.165) is 37.2 Å². The van der Waals surface area contributed by atoms with Crippen molar-refractivity contribution in [1.29, 1.82) is 0 Å². The van der Waals surface area contributed by atoms with Gasteiger partial charge in [0.25, 0.3) is 0 Å². The second-order valence-electron chi connectivity index (χ2n) is 9.50. The van der Waals surface area contributed by atoms with Crippen LogP contribution in [0.3, 0.4) is 0 Å². The maximum absolute atomic E-state index is 12.7. The molecule has 4 aliphatic rings. The number of halogens is 1. The minimum absolute atomic E-state index is 0.258. The summed E-state index contributed by atoms with van der Waals surface area (Å²) in [7, 11) is 0. The Morgan fingerprint density at radius 3 is 2.81 bits per heavy atom. The number of hydrogen-bond acceptors (Lipinski definition) is 5. The lowest BCUT2D eigenvalue weighted by Gasteiger charge is -2.46. The van der Waals surface area contributed by atoms with E-state index < -0.39 is 0 Å². The Morgan fingerprint density at radius 1 is 1.06 bits per heavy atom. The highest BCUT2D eigenvalue weighted by Crippen LogP contribution is 2.37. The van der Waals surface area contributed by atoms with Gasteiger partial charge in [0.05, 0.1) is 0 Å². The molecule has 5 rings (SSSR count). The van der Waals surface area contributed by atoms with Crippen molar-refractivity contribution in [3.63, 3.8) is 0 Å². The summed E-state index contributed by atoms with van der Waals surface area (Å²) in [4.78, 5) is 17.6. The molecule has 0 aromatic heterocycles. The molecule has 3 fully saturated rings. The summed E-state index contributed by atoms with van der Waals surface area (Å²) in [5.74, 6) is 2.49. The summed E-state index contributed by atoms with van der Waals surface area (Å²) < 4.78 is 10.8. The van der Waals surface area contributed by atoms with Crippen LogP contribution < -0.4 is 14.8 Å². The number of nitrogens with zero attached hydrogens (tertiary/aromatic N) is 2. The standard InChI is InChI=1S/C24H34ClN3O3/c25-20-13-23-22(30-16-31-23)12-18(20)14-26-9-8-19-6-7-24(29)28(19)15-17-4-3-11-27-10-2-1-5-21(17)27/h12-13,17,19,21,26H,1-11,14-16H2/t17-,19-,21+/m0/s1. The average Bonchev–Trinajstić information content (AvgIpc) is 3.38. The van der Waals surface area contributed by atoms with Gasteiger partial charge in [0.2, 0.25) is 12.7 Å². The van der Waals surface area contributed by atoms with Crippen molar-refractivity contribution in [2.24, 2.45) is 5.92 Å². The number of ether oxygens (including phenoxy) is 2. The molecule has 4 aliphatic heterocycles. The Balaban J connectivity index is 1.13. The summed E-state index contributed by atoms with van der Waals surface area (Å²) in [6.07, 6.45) is 9.26. The first-order valence-electron chi connectivity index (χ1n) is 12.0. The third-order valence-electron chi connectivity index (χ3n) is 7.62. The zero-order valence-electron chi connectivity index (χ0n) is 18.3. The first-order chi connectivity index (χ1) is 15.2. The van der Waals surface area contributed by atoms with Gasteiger partial charge in [-0.1, -0.05) is 18.0 Å². The number of carbonyl (C=O) groups excluding carboxylic acids is 1. The highest BCUT2D eigenvalue weighted by atomic mass is 35.5. The van der Waals surface area contributed by atoms with Gasteiger partial charge in [-0.3, -0.25) is 4.79 Å². The quantitative estimate of drug-likeness (QED) is 0.644. The summed E-state index contributed by atoms with van der Waals surface area (Å²) in [6.45, 7) is 5.29. The van der Waals surface area contributed by atoms with E-state index in [9.17, 15) is 4.79 Å². The highest BCUT2D eigenvalue weighted by molar-refractivity contribution is 6.31. The molecule has 1 N–H and O–H groups in total. The van der Waals surface area contributed by atoms with Crippen molar-refractivity contribution >= 4 is 17.5 Å². The van der Waals surface area contributed by atoms with Crippen LogP contribution in [0.5, 0.6) is 11.5 Å². The molecule has 3 saturated heterocycles. The number of likely N-dealkylation sites (tertiary alicyclic amines) is 1. The zero-order chi connectivity index (χ0) is 21.2. The lowest BCUT2D eigenvalue weighted by Crippen LogP contribution is -2.52. The van der Waals surface area contributed by atoms with Gasteiger partial charge in [0.15, 0.2) is 11.5 Å². The molecule has 1 amide bonds. The normalized spacial score (nSPS) is 28.2. The van der Waals surface area contributed by atoms with E-state index in [2.05, 4.69) is 15.1 Å². The number of benzene rings is 1. The fourth-order valence-electron chi connectivity index (χ4n) is 5.97. The Bertz CT molecular complexity index is 803. The fourth-order valence-corrected chi connectivity index (χ4v) is 6.19. The van der Waals surface area contributed by atoms with Gasteiger partial charge in [-0.2, -0.15) is 0 Å². The van der Waals surface area contributed by atoms with E-state index in [-0.39, 0.29) is 6.79 Å². The molecular weight excluding hydrogens is 414 g/mol. The lowest BCUT2D eigenvalue weighted by molar-refractivity contribution is -0.130. The second kappa shape index (κ2) is 9.55. The van der Waals surface area contributed by atoms with E-state index in [0.29, 0.717) is 47.6 Å². The van der Waals surface area contributed by atoms with Crippen LogP contribution in [0.25, 0.3) is 0 Å². The van der Waals surface area contributed by atoms with Gasteiger partial charge in [0, 0.05) is 42.7 Å². The van der Waals surface area contributed by atoms with Crippen molar-refractivity contribution < 1.29 is 14.3 Å². The molecule has 7 heteroatoms. The SMILES string of the molecule is O=C1CC[C@@H](CCNCc2cc3c(cc2Cl)OCO3)N1C[C@@H]1CCCN2CCCC[C@H]12. The van der Waals surface area contributed by atoms with Crippen LogP contribution in [-0.4, -0.2) is 60.8 Å². The van der Waals surface area contributed by atoms with Gasteiger partial charge in [-0.25, -0.2) is 0 Å². The number of nitrogens with one attached hydrogen (secondary N) is 1. The van der Waals surface area contributed by atoms with E-state index >= 15 is 0 Å². The number of piperidine rings is 2. The summed E-state index contributed by atoms with van der Waals surface area (Å²) in [5, 5.41) is 4.22. The predicted octanol–water partition coefficient (Wildman–Crippen LogP) is 3.80. The smallest absolute Gasteiger partial charge is 0.231 e. The number of amides is 1. The number of rotatable bonds is 7. The third-order valence-corrected chi connectivity index (χ3v) is 7.98. The monoisotopic (exact) mass is 447 g/mol. The van der Waals surface area contributed by atoms with Crippen LogP contribution in [0.15, 0.2) is 12.1 Å². The molecule has 31 heavy (non-hydrogen) atoms. The molecule has 6 nitrogen and oxygen atoms in total. The molecule has 3 atom stereocenters. The molecule has 0 saturated carbocycles. The van der Waals surface area contributed by atoms with Crippen LogP contribution in [0.2, 0.25) is 5.02 Å². The van der Waals surface area contributed by atoms with Crippen molar-refractivity contribution in [3.05, 3.63) is 22.7 Å². The molecule has 0 unspecified atom stereocenters. The van der Waals surface area contributed by atoms with E-state index in [1.165, 1.54) is 45.2 Å². The highest BCUT2D eigenvalue weighted by Gasteiger charge is 2.38. The zero-order valence-corrected chi connectivity index (χ0v) is 19.0. The number of hydrogen-bond donors (Lipinski definition) is 1. The molecule has 1 aromatic carbocycles. The minimum Gasteiger partial charge on any atom is -0.454 e. The van der Waals surface area contributed by atoms with E-state index in [4.69, 9.17) is 21.1 Å². The van der Waals surface area contributed by atoms with Gasteiger partial charge in [-0.15, -0.1) is 0 Å². The number of fused-ring (bicyclic) bond motifs is 2. The first kappa shape index (κ1) is 21.4. The van der Waals surface area contributed by atoms with Crippen LogP contribution in [0.4, 0.5) is 0 Å². The number of carbonyl (C=O) groups is 1. The predicted molar refractivity (Wildman–Crippen MR) is 121 cm³/mol. The molecule has 1 aromatic rings. The van der Waals surface area contributed by atoms with Crippen molar-refractivity contribution in [2.75, 3.05) is 33.0 Å². The van der Waals surface area contributed by atoms with Crippen LogP contribution in [0, 0.1) is 5.92 Å². The van der Waals surface area contributed by atoms with Gasteiger partial charge >= 0.3 is 0 Å². The largest absolute Gasteiger partial charge is 0.454 e. The Labute approximate surface area is 190 Å². The van der Waals surface area contributed by atoms with Crippen molar-refractivity contribution in [3.8, 4) is 11.5 Å². The van der Waals surface area contributed by atoms with Crippen molar-refractivity contribution in [1.82, 2.24) is 15.1 Å². The van der Waals surface area contributed by atoms with Gasteiger partial charge in [0.1, 0.15) is 0 Å². The topological polar surface area (TPSA) is 54.0 Å². The van der Waals surface area contributed by atoms with E-state index in [1.54, 1.807) is 0 Å². The molecule has 0 bridgehead atoms. The van der Waals surface area contributed by atoms with Gasteiger partial charge in [-0.05, 0) is 75.7 Å². The minimum atomic E-state index is 0.258. The Kier molecular flexibility index (Phi) is 6.58. The van der Waals surface area contributed by atoms with E-state index in [1.807, 2.05) is 12.1 Å². The molecule has 0 aliphatic carbocycles. The average molecular weight is 448 g/mol. The summed E-state index contributed by atoms with van der Waals surface area (Å²) >= 11 is 6.39. The first-order valence-corrected chi connectivity index (χ1v) is 12.4. The van der Waals surface area contributed by atoms with Gasteiger partial charge < -0.3 is 24.6 Å². The lowest BCUT2D eigenvalue weighted by atomic mass is 9.83. The second-order valence-corrected chi connectivity index (χ2v) is 9.91. The maximum atomic E-state index is 12.7. The maximum Gasteiger partial charge on any atom is 0.231 e.